The molecule has 1 saturated heterocycles. The molecular formula is C18H23N5O. The van der Waals surface area contributed by atoms with E-state index in [9.17, 15) is 0 Å². The summed E-state index contributed by atoms with van der Waals surface area (Å²) in [6.45, 7) is 9.01. The van der Waals surface area contributed by atoms with Crippen molar-refractivity contribution in [3.63, 3.8) is 0 Å². The standard InChI is InChI=1S/C18H23N5O/c1-13-8-14(2)17-16(9-13)20-18(24-17)23-6-4-22(5-7-23)12-15-10-19-21(3)11-15/h8-11H,4-7,12H2,1-3H3. The lowest BCUT2D eigenvalue weighted by Gasteiger charge is -2.33. The van der Waals surface area contributed by atoms with E-state index in [1.807, 2.05) is 17.9 Å². The summed E-state index contributed by atoms with van der Waals surface area (Å²) in [6.07, 6.45) is 4.02. The molecule has 1 aromatic carbocycles. The van der Waals surface area contributed by atoms with Gasteiger partial charge in [0.25, 0.3) is 6.01 Å². The van der Waals surface area contributed by atoms with E-state index in [0.717, 1.165) is 55.4 Å². The molecule has 1 aliphatic rings. The van der Waals surface area contributed by atoms with Gasteiger partial charge in [-0.25, -0.2) is 0 Å². The van der Waals surface area contributed by atoms with Gasteiger partial charge in [-0.15, -0.1) is 0 Å². The maximum absolute atomic E-state index is 6.03. The van der Waals surface area contributed by atoms with Crippen LogP contribution in [-0.4, -0.2) is 45.8 Å². The van der Waals surface area contributed by atoms with Crippen LogP contribution in [0.2, 0.25) is 0 Å². The summed E-state index contributed by atoms with van der Waals surface area (Å²) < 4.78 is 7.89. The highest BCUT2D eigenvalue weighted by molar-refractivity contribution is 5.78. The number of aromatic nitrogens is 3. The van der Waals surface area contributed by atoms with Gasteiger partial charge in [0.1, 0.15) is 5.52 Å². The third-order valence-corrected chi connectivity index (χ3v) is 4.62. The molecule has 0 saturated carbocycles. The summed E-state index contributed by atoms with van der Waals surface area (Å²) in [6, 6.07) is 4.98. The zero-order valence-electron chi connectivity index (χ0n) is 14.5. The fourth-order valence-electron chi connectivity index (χ4n) is 3.41. The highest BCUT2D eigenvalue weighted by Crippen LogP contribution is 2.26. The lowest BCUT2D eigenvalue weighted by molar-refractivity contribution is 0.245. The zero-order valence-corrected chi connectivity index (χ0v) is 14.5. The van der Waals surface area contributed by atoms with E-state index in [4.69, 9.17) is 9.40 Å². The quantitative estimate of drug-likeness (QED) is 0.740. The molecule has 0 amide bonds. The number of benzene rings is 1. The monoisotopic (exact) mass is 325 g/mol. The minimum Gasteiger partial charge on any atom is -0.423 e. The van der Waals surface area contributed by atoms with Gasteiger partial charge in [0.2, 0.25) is 0 Å². The molecular weight excluding hydrogens is 302 g/mol. The Bertz CT molecular complexity index is 858. The fourth-order valence-corrected chi connectivity index (χ4v) is 3.41. The van der Waals surface area contributed by atoms with Crippen molar-refractivity contribution in [2.24, 2.45) is 7.05 Å². The Morgan fingerprint density at radius 3 is 2.62 bits per heavy atom. The maximum atomic E-state index is 6.03. The van der Waals surface area contributed by atoms with Crippen molar-refractivity contribution >= 4 is 17.1 Å². The Balaban J connectivity index is 1.45. The Labute approximate surface area is 141 Å². The minimum atomic E-state index is 0.750. The molecule has 0 radical (unpaired) electrons. The first-order valence-corrected chi connectivity index (χ1v) is 8.41. The summed E-state index contributed by atoms with van der Waals surface area (Å²) in [5, 5.41) is 4.24. The predicted molar refractivity (Wildman–Crippen MR) is 94.2 cm³/mol. The molecule has 6 heteroatoms. The van der Waals surface area contributed by atoms with Crippen molar-refractivity contribution in [2.75, 3.05) is 31.1 Å². The van der Waals surface area contributed by atoms with Gasteiger partial charge < -0.3 is 9.32 Å². The number of fused-ring (bicyclic) bond motifs is 1. The van der Waals surface area contributed by atoms with Gasteiger partial charge in [0, 0.05) is 51.5 Å². The van der Waals surface area contributed by atoms with Gasteiger partial charge in [-0.1, -0.05) is 6.07 Å². The van der Waals surface area contributed by atoms with Crippen LogP contribution in [0.4, 0.5) is 6.01 Å². The van der Waals surface area contributed by atoms with Crippen LogP contribution in [0.15, 0.2) is 28.9 Å². The normalized spacial score (nSPS) is 16.2. The van der Waals surface area contributed by atoms with Crippen molar-refractivity contribution in [1.82, 2.24) is 19.7 Å². The van der Waals surface area contributed by atoms with Crippen molar-refractivity contribution < 1.29 is 4.42 Å². The predicted octanol–water partition coefficient (Wildman–Crippen LogP) is 2.50. The summed E-state index contributed by atoms with van der Waals surface area (Å²) in [5.74, 6) is 0. The van der Waals surface area contributed by atoms with Crippen molar-refractivity contribution in [3.05, 3.63) is 41.2 Å². The summed E-state index contributed by atoms with van der Waals surface area (Å²) in [7, 11) is 1.96. The van der Waals surface area contributed by atoms with Crippen LogP contribution >= 0.6 is 0 Å². The Kier molecular flexibility index (Phi) is 3.76. The molecule has 0 unspecified atom stereocenters. The van der Waals surface area contributed by atoms with E-state index in [1.165, 1.54) is 11.1 Å². The number of piperazine rings is 1. The first-order valence-electron chi connectivity index (χ1n) is 8.41. The first-order chi connectivity index (χ1) is 11.6. The van der Waals surface area contributed by atoms with Crippen LogP contribution in [-0.2, 0) is 13.6 Å². The summed E-state index contributed by atoms with van der Waals surface area (Å²) in [4.78, 5) is 9.39. The smallest absolute Gasteiger partial charge is 0.298 e. The molecule has 0 spiro atoms. The van der Waals surface area contributed by atoms with Crippen LogP contribution in [0.1, 0.15) is 16.7 Å². The largest absolute Gasteiger partial charge is 0.423 e. The Hall–Kier alpha value is -2.34. The van der Waals surface area contributed by atoms with Gasteiger partial charge in [-0.2, -0.15) is 10.1 Å². The molecule has 3 heterocycles. The minimum absolute atomic E-state index is 0.750. The van der Waals surface area contributed by atoms with Gasteiger partial charge in [0.15, 0.2) is 5.58 Å². The van der Waals surface area contributed by atoms with Crippen LogP contribution < -0.4 is 4.90 Å². The Morgan fingerprint density at radius 2 is 1.92 bits per heavy atom. The van der Waals surface area contributed by atoms with E-state index < -0.39 is 0 Å². The molecule has 4 rings (SSSR count). The van der Waals surface area contributed by atoms with Gasteiger partial charge in [0.05, 0.1) is 6.20 Å². The number of anilines is 1. The molecule has 0 N–H and O–H groups in total. The van der Waals surface area contributed by atoms with E-state index >= 15 is 0 Å². The molecule has 24 heavy (non-hydrogen) atoms. The lowest BCUT2D eigenvalue weighted by atomic mass is 10.1. The number of hydrogen-bond donors (Lipinski definition) is 0. The first kappa shape index (κ1) is 15.2. The summed E-state index contributed by atoms with van der Waals surface area (Å²) >= 11 is 0. The van der Waals surface area contributed by atoms with Crippen LogP contribution in [0.5, 0.6) is 0 Å². The molecule has 1 aliphatic heterocycles. The van der Waals surface area contributed by atoms with E-state index in [0.29, 0.717) is 0 Å². The second-order valence-corrected chi connectivity index (χ2v) is 6.71. The fraction of sp³-hybridized carbons (Fsp3) is 0.444. The highest BCUT2D eigenvalue weighted by atomic mass is 16.4. The average molecular weight is 325 g/mol. The number of nitrogens with zero attached hydrogens (tertiary/aromatic N) is 5. The highest BCUT2D eigenvalue weighted by Gasteiger charge is 2.21. The van der Waals surface area contributed by atoms with Crippen LogP contribution in [0, 0.1) is 13.8 Å². The second-order valence-electron chi connectivity index (χ2n) is 6.71. The lowest BCUT2D eigenvalue weighted by Crippen LogP contribution is -2.46. The molecule has 2 aromatic heterocycles. The third kappa shape index (κ3) is 2.89. The molecule has 1 fully saturated rings. The van der Waals surface area contributed by atoms with Crippen molar-refractivity contribution in [1.29, 1.82) is 0 Å². The third-order valence-electron chi connectivity index (χ3n) is 4.62. The second kappa shape index (κ2) is 5.94. The Morgan fingerprint density at radius 1 is 1.12 bits per heavy atom. The van der Waals surface area contributed by atoms with Gasteiger partial charge >= 0.3 is 0 Å². The van der Waals surface area contributed by atoms with Crippen molar-refractivity contribution in [3.8, 4) is 0 Å². The average Bonchev–Trinajstić information content (AvgIpc) is 3.14. The van der Waals surface area contributed by atoms with Crippen LogP contribution in [0.25, 0.3) is 11.1 Å². The van der Waals surface area contributed by atoms with E-state index in [2.05, 4.69) is 47.1 Å². The molecule has 0 atom stereocenters. The SMILES string of the molecule is Cc1cc(C)c2oc(N3CCN(Cc4cnn(C)c4)CC3)nc2c1. The van der Waals surface area contributed by atoms with E-state index in [-0.39, 0.29) is 0 Å². The molecule has 0 aliphatic carbocycles. The van der Waals surface area contributed by atoms with Gasteiger partial charge in [-0.3, -0.25) is 9.58 Å². The number of rotatable bonds is 3. The van der Waals surface area contributed by atoms with Crippen LogP contribution in [0.3, 0.4) is 0 Å². The zero-order chi connectivity index (χ0) is 16.7. The summed E-state index contributed by atoms with van der Waals surface area (Å²) in [5.41, 5.74) is 5.51. The molecule has 3 aromatic rings. The molecule has 6 nitrogen and oxygen atoms in total. The van der Waals surface area contributed by atoms with Gasteiger partial charge in [-0.05, 0) is 31.0 Å². The number of oxazole rings is 1. The number of aryl methyl sites for hydroxylation is 3. The van der Waals surface area contributed by atoms with Crippen molar-refractivity contribution in [2.45, 2.75) is 20.4 Å². The topological polar surface area (TPSA) is 50.3 Å². The molecule has 126 valence electrons. The number of hydrogen-bond acceptors (Lipinski definition) is 5. The van der Waals surface area contributed by atoms with E-state index in [1.54, 1.807) is 0 Å². The maximum Gasteiger partial charge on any atom is 0.298 e. The molecule has 0 bridgehead atoms.